The molecule has 1 aliphatic rings. The summed E-state index contributed by atoms with van der Waals surface area (Å²) in [6.07, 6.45) is 0.799. The van der Waals surface area contributed by atoms with Crippen LogP contribution in [0.5, 0.6) is 5.75 Å². The van der Waals surface area contributed by atoms with E-state index in [1.165, 1.54) is 0 Å². The van der Waals surface area contributed by atoms with Crippen LogP contribution in [-0.4, -0.2) is 23.8 Å². The molecule has 3 rings (SSSR count). The number of allylic oxidation sites excluding steroid dienone is 1. The number of nitrogens with one attached hydrogen (secondary N) is 1. The van der Waals surface area contributed by atoms with Gasteiger partial charge in [0.1, 0.15) is 5.75 Å². The second-order valence-corrected chi connectivity index (χ2v) is 6.21. The van der Waals surface area contributed by atoms with Crippen molar-refractivity contribution < 1.29 is 14.3 Å². The lowest BCUT2D eigenvalue weighted by Crippen LogP contribution is -2.35. The summed E-state index contributed by atoms with van der Waals surface area (Å²) in [5, 5.41) is 2.90. The molecule has 0 saturated carbocycles. The van der Waals surface area contributed by atoms with E-state index in [4.69, 9.17) is 4.74 Å². The van der Waals surface area contributed by atoms with Crippen molar-refractivity contribution in [3.63, 3.8) is 0 Å². The molecule has 0 fully saturated rings. The number of carbonyl (C=O) groups excluding carboxylic acids is 2. The van der Waals surface area contributed by atoms with Crippen LogP contribution in [0.2, 0.25) is 0 Å². The molecular weight excluding hydrogens is 328 g/mol. The fourth-order valence-corrected chi connectivity index (χ4v) is 3.03. The molecule has 2 aromatic carbocycles. The van der Waals surface area contributed by atoms with Gasteiger partial charge in [0, 0.05) is 23.4 Å². The smallest absolute Gasteiger partial charge is 0.253 e. The van der Waals surface area contributed by atoms with Crippen molar-refractivity contribution in [1.29, 1.82) is 0 Å². The standard InChI is InChI=1S/C21H22N2O3/c1-15-19(21(25)22-17-8-10-18(26-2)11-9-17)12-13-20(24)23(15)14-16-6-4-3-5-7-16/h3-11H,12-14H2,1-2H3,(H,22,25). The molecule has 0 saturated heterocycles. The summed E-state index contributed by atoms with van der Waals surface area (Å²) < 4.78 is 5.12. The van der Waals surface area contributed by atoms with E-state index in [9.17, 15) is 9.59 Å². The van der Waals surface area contributed by atoms with E-state index in [0.29, 0.717) is 30.6 Å². The Morgan fingerprint density at radius 2 is 1.77 bits per heavy atom. The Hall–Kier alpha value is -3.08. The van der Waals surface area contributed by atoms with Gasteiger partial charge in [-0.3, -0.25) is 9.59 Å². The van der Waals surface area contributed by atoms with Gasteiger partial charge in [0.25, 0.3) is 5.91 Å². The number of rotatable bonds is 5. The molecule has 0 bridgehead atoms. The molecule has 1 heterocycles. The highest BCUT2D eigenvalue weighted by atomic mass is 16.5. The maximum Gasteiger partial charge on any atom is 0.253 e. The molecule has 0 unspecified atom stereocenters. The first-order valence-electron chi connectivity index (χ1n) is 8.58. The van der Waals surface area contributed by atoms with Crippen LogP contribution < -0.4 is 10.1 Å². The maximum absolute atomic E-state index is 12.7. The molecule has 0 atom stereocenters. The zero-order valence-corrected chi connectivity index (χ0v) is 15.0. The fourth-order valence-electron chi connectivity index (χ4n) is 3.03. The van der Waals surface area contributed by atoms with Gasteiger partial charge in [-0.2, -0.15) is 0 Å². The van der Waals surface area contributed by atoms with Crippen LogP contribution in [0.4, 0.5) is 5.69 Å². The molecule has 0 radical (unpaired) electrons. The molecule has 1 aliphatic heterocycles. The Morgan fingerprint density at radius 1 is 1.08 bits per heavy atom. The van der Waals surface area contributed by atoms with Crippen LogP contribution in [0.1, 0.15) is 25.3 Å². The molecule has 0 spiro atoms. The number of anilines is 1. The molecular formula is C21H22N2O3. The van der Waals surface area contributed by atoms with Crippen molar-refractivity contribution >= 4 is 17.5 Å². The van der Waals surface area contributed by atoms with Crippen molar-refractivity contribution in [2.75, 3.05) is 12.4 Å². The number of ether oxygens (including phenoxy) is 1. The van der Waals surface area contributed by atoms with Crippen molar-refractivity contribution in [3.05, 3.63) is 71.4 Å². The summed E-state index contributed by atoms with van der Waals surface area (Å²) in [6, 6.07) is 17.0. The zero-order chi connectivity index (χ0) is 18.5. The molecule has 2 amide bonds. The second kappa shape index (κ2) is 7.87. The number of carbonyl (C=O) groups is 2. The minimum atomic E-state index is -0.168. The third-order valence-electron chi connectivity index (χ3n) is 4.54. The predicted octanol–water partition coefficient (Wildman–Crippen LogP) is 3.73. The largest absolute Gasteiger partial charge is 0.497 e. The topological polar surface area (TPSA) is 58.6 Å². The Bertz CT molecular complexity index is 826. The number of benzene rings is 2. The van der Waals surface area contributed by atoms with Crippen LogP contribution in [-0.2, 0) is 16.1 Å². The SMILES string of the molecule is COc1ccc(NC(=O)C2=C(C)N(Cc3ccccc3)C(=O)CC2)cc1. The average molecular weight is 350 g/mol. The van der Waals surface area contributed by atoms with Crippen LogP contribution >= 0.6 is 0 Å². The normalized spacial score (nSPS) is 14.4. The average Bonchev–Trinajstić information content (AvgIpc) is 2.66. The first-order chi connectivity index (χ1) is 12.6. The summed E-state index contributed by atoms with van der Waals surface area (Å²) >= 11 is 0. The van der Waals surface area contributed by atoms with Gasteiger partial charge in [-0.15, -0.1) is 0 Å². The van der Waals surface area contributed by atoms with Crippen LogP contribution in [0.15, 0.2) is 65.9 Å². The van der Waals surface area contributed by atoms with Gasteiger partial charge in [0.15, 0.2) is 0 Å². The Labute approximate surface area is 153 Å². The van der Waals surface area contributed by atoms with E-state index < -0.39 is 0 Å². The number of nitrogens with zero attached hydrogens (tertiary/aromatic N) is 1. The second-order valence-electron chi connectivity index (χ2n) is 6.21. The summed E-state index contributed by atoms with van der Waals surface area (Å²) in [4.78, 5) is 26.7. The Morgan fingerprint density at radius 3 is 2.42 bits per heavy atom. The molecule has 1 N–H and O–H groups in total. The van der Waals surface area contributed by atoms with Crippen molar-refractivity contribution in [2.45, 2.75) is 26.3 Å². The van der Waals surface area contributed by atoms with E-state index in [1.807, 2.05) is 37.3 Å². The van der Waals surface area contributed by atoms with Gasteiger partial charge in [-0.25, -0.2) is 0 Å². The Kier molecular flexibility index (Phi) is 5.37. The van der Waals surface area contributed by atoms with Crippen molar-refractivity contribution in [2.24, 2.45) is 0 Å². The molecule has 5 nitrogen and oxygen atoms in total. The molecule has 2 aromatic rings. The van der Waals surface area contributed by atoms with Crippen molar-refractivity contribution in [1.82, 2.24) is 4.90 Å². The highest BCUT2D eigenvalue weighted by Crippen LogP contribution is 2.26. The molecule has 5 heteroatoms. The number of amides is 2. The number of hydrogen-bond donors (Lipinski definition) is 1. The first kappa shape index (κ1) is 17.7. The first-order valence-corrected chi connectivity index (χ1v) is 8.58. The van der Waals surface area contributed by atoms with Gasteiger partial charge in [0.2, 0.25) is 5.91 Å². The summed E-state index contributed by atoms with van der Waals surface area (Å²) in [6.45, 7) is 2.31. The quantitative estimate of drug-likeness (QED) is 0.894. The van der Waals surface area contributed by atoms with E-state index in [0.717, 1.165) is 17.0 Å². The lowest BCUT2D eigenvalue weighted by molar-refractivity contribution is -0.130. The molecule has 0 aromatic heterocycles. The van der Waals surface area contributed by atoms with Gasteiger partial charge < -0.3 is 15.0 Å². The van der Waals surface area contributed by atoms with Crippen LogP contribution in [0, 0.1) is 0 Å². The minimum absolute atomic E-state index is 0.0485. The highest BCUT2D eigenvalue weighted by Gasteiger charge is 2.27. The number of methoxy groups -OCH3 is 1. The van der Waals surface area contributed by atoms with Crippen LogP contribution in [0.3, 0.4) is 0 Å². The summed E-state index contributed by atoms with van der Waals surface area (Å²) in [7, 11) is 1.60. The van der Waals surface area contributed by atoms with Crippen LogP contribution in [0.25, 0.3) is 0 Å². The monoisotopic (exact) mass is 350 g/mol. The molecule has 134 valence electrons. The molecule has 0 aliphatic carbocycles. The lowest BCUT2D eigenvalue weighted by atomic mass is 10.0. The lowest BCUT2D eigenvalue weighted by Gasteiger charge is -2.30. The zero-order valence-electron chi connectivity index (χ0n) is 15.0. The third kappa shape index (κ3) is 3.94. The van der Waals surface area contributed by atoms with Crippen molar-refractivity contribution in [3.8, 4) is 5.75 Å². The van der Waals surface area contributed by atoms with E-state index in [-0.39, 0.29) is 11.8 Å². The fraction of sp³-hybridized carbons (Fsp3) is 0.238. The number of hydrogen-bond acceptors (Lipinski definition) is 3. The third-order valence-corrected chi connectivity index (χ3v) is 4.54. The predicted molar refractivity (Wildman–Crippen MR) is 101 cm³/mol. The van der Waals surface area contributed by atoms with Gasteiger partial charge in [-0.1, -0.05) is 30.3 Å². The summed E-state index contributed by atoms with van der Waals surface area (Å²) in [5.74, 6) is 0.612. The highest BCUT2D eigenvalue weighted by molar-refractivity contribution is 6.05. The maximum atomic E-state index is 12.7. The minimum Gasteiger partial charge on any atom is -0.497 e. The molecule has 26 heavy (non-hydrogen) atoms. The van der Waals surface area contributed by atoms with E-state index in [1.54, 1.807) is 36.3 Å². The van der Waals surface area contributed by atoms with Gasteiger partial charge >= 0.3 is 0 Å². The van der Waals surface area contributed by atoms with E-state index in [2.05, 4.69) is 5.32 Å². The van der Waals surface area contributed by atoms with Gasteiger partial charge in [0.05, 0.1) is 13.7 Å². The summed E-state index contributed by atoms with van der Waals surface area (Å²) in [5.41, 5.74) is 3.10. The Balaban J connectivity index is 1.78. The van der Waals surface area contributed by atoms with Gasteiger partial charge in [-0.05, 0) is 43.2 Å². The van der Waals surface area contributed by atoms with E-state index >= 15 is 0 Å².